The largest absolute Gasteiger partial charge is 0.462 e. The molecule has 4 bridgehead atoms. The molecule has 0 aromatic heterocycles. The summed E-state index contributed by atoms with van der Waals surface area (Å²) in [6.45, 7) is 9.20. The Morgan fingerprint density at radius 2 is 1.46 bits per heavy atom. The Bertz CT molecular complexity index is 2210. The molecule has 2 aromatic carbocycles. The molecular formula is C61H84O7S2. The van der Waals surface area contributed by atoms with Crippen molar-refractivity contribution in [2.24, 2.45) is 63.1 Å². The van der Waals surface area contributed by atoms with Crippen LogP contribution in [0.2, 0.25) is 0 Å². The second kappa shape index (κ2) is 22.0. The standard InChI is InChI=1S/C61H84O7S2/c1-5-6-9-15-45-21-23-49(35-45)58(4)30-27-53(63)61-52(62)25-20-42(2)32-48(34-44-18-12-8-13-19-44)40-69-70-41-50-24-22-46(33-43-16-10-7-11-17-43)37-59(50)29-14-28-57(3,38-51(55(58)61)68-56(59)65)60(61,66)31-26-47-36-54(64)67-39-47/h7-8,10-13,16-19,36,42,45-46,48-53,55,62-63,66H,5-6,9,15,20-27,29-35,37-41H2,1-4H3/t42-,45+,46-,48-,49-,50-,51-,52+,53+,55+,57+,58+,59-,60-,61+/m1/s1. The molecule has 2 aromatic rings. The number of fused-ring (bicyclic) bond motifs is 2. The van der Waals surface area contributed by atoms with Crippen molar-refractivity contribution in [3.63, 3.8) is 0 Å². The molecule has 1 saturated heterocycles. The van der Waals surface area contributed by atoms with Crippen LogP contribution in [0.25, 0.3) is 0 Å². The summed E-state index contributed by atoms with van der Waals surface area (Å²) in [5.74, 6) is 10.1. The first-order valence-corrected chi connectivity index (χ1v) is 30.2. The highest BCUT2D eigenvalue weighted by Crippen LogP contribution is 2.72. The lowest BCUT2D eigenvalue weighted by Gasteiger charge is -2.71. The summed E-state index contributed by atoms with van der Waals surface area (Å²) in [6.07, 6.45) is 15.9. The SMILES string of the molecule is CCCCC[C@H]1CC[C@@H]([C@]2(C)CC[C@H](O)[C@@]34[C@@H](O)CC[C@@H](C)C[C@H](Cc5ccccc5)CSSC[C@H]5CC[C@H](Cc6ccccc6)C[C@]56CC#C[C@@](C)(C[C@@H](OC6=O)[C@@H]23)[C@]4(O)CCC2=CC(=O)OC2)C1. The van der Waals surface area contributed by atoms with E-state index >= 15 is 4.79 Å². The van der Waals surface area contributed by atoms with Gasteiger partial charge in [0.15, 0.2) is 0 Å². The predicted molar refractivity (Wildman–Crippen MR) is 283 cm³/mol. The van der Waals surface area contributed by atoms with Crippen molar-refractivity contribution in [1.29, 1.82) is 0 Å². The minimum absolute atomic E-state index is 0.0508. The molecule has 0 radical (unpaired) electrons. The van der Waals surface area contributed by atoms with Gasteiger partial charge < -0.3 is 24.8 Å². The molecule has 9 heteroatoms. The fourth-order valence-corrected chi connectivity index (χ4v) is 19.3. The van der Waals surface area contributed by atoms with Gasteiger partial charge >= 0.3 is 11.9 Å². The number of benzene rings is 2. The van der Waals surface area contributed by atoms with Crippen LogP contribution in [0.3, 0.4) is 0 Å². The van der Waals surface area contributed by atoms with Crippen molar-refractivity contribution in [2.45, 2.75) is 186 Å². The number of rotatable bonds is 12. The molecule has 70 heavy (non-hydrogen) atoms. The van der Waals surface area contributed by atoms with Crippen LogP contribution >= 0.6 is 21.6 Å². The minimum Gasteiger partial charge on any atom is -0.462 e. The van der Waals surface area contributed by atoms with Crippen molar-refractivity contribution in [3.8, 4) is 11.8 Å². The molecule has 3 aliphatic heterocycles. The number of unbranched alkanes of at least 4 members (excludes halogenated alkanes) is 2. The van der Waals surface area contributed by atoms with Crippen molar-refractivity contribution >= 4 is 33.5 Å². The Morgan fingerprint density at radius 3 is 2.17 bits per heavy atom. The Labute approximate surface area is 428 Å². The average Bonchev–Trinajstić information content (AvgIpc) is 4.02. The second-order valence-corrected chi connectivity index (χ2v) is 26.9. The molecule has 15 atom stereocenters. The lowest BCUT2D eigenvalue weighted by Crippen LogP contribution is -2.79. The van der Waals surface area contributed by atoms with Crippen LogP contribution in [0.1, 0.15) is 161 Å². The number of ether oxygens (including phenoxy) is 2. The molecule has 5 fully saturated rings. The number of esters is 2. The maximum absolute atomic E-state index is 16.1. The van der Waals surface area contributed by atoms with Gasteiger partial charge in [0.25, 0.3) is 0 Å². The zero-order valence-electron chi connectivity index (χ0n) is 42.9. The molecular weight excluding hydrogens is 909 g/mol. The van der Waals surface area contributed by atoms with Crippen molar-refractivity contribution < 1.29 is 34.4 Å². The first-order chi connectivity index (χ1) is 33.7. The summed E-state index contributed by atoms with van der Waals surface area (Å²) in [5.41, 5.74) is -2.26. The lowest BCUT2D eigenvalue weighted by molar-refractivity contribution is -0.338. The monoisotopic (exact) mass is 993 g/mol. The molecule has 0 unspecified atom stereocenters. The zero-order chi connectivity index (χ0) is 49.2. The summed E-state index contributed by atoms with van der Waals surface area (Å²) < 4.78 is 12.9. The molecule has 0 amide bonds. The van der Waals surface area contributed by atoms with E-state index in [0.717, 1.165) is 81.3 Å². The minimum atomic E-state index is -1.72. The van der Waals surface area contributed by atoms with Gasteiger partial charge in [-0.25, -0.2) is 4.79 Å². The van der Waals surface area contributed by atoms with Gasteiger partial charge in [-0.1, -0.05) is 141 Å². The highest BCUT2D eigenvalue weighted by atomic mass is 33.1. The van der Waals surface area contributed by atoms with E-state index in [1.807, 2.05) is 28.5 Å². The van der Waals surface area contributed by atoms with Gasteiger partial charge in [0.05, 0.1) is 34.1 Å². The third kappa shape index (κ3) is 10.1. The molecule has 1 spiro atoms. The summed E-state index contributed by atoms with van der Waals surface area (Å²) in [4.78, 5) is 28.7. The van der Waals surface area contributed by atoms with E-state index in [-0.39, 0.29) is 48.6 Å². The Morgan fingerprint density at radius 1 is 0.771 bits per heavy atom. The van der Waals surface area contributed by atoms with E-state index in [1.165, 1.54) is 36.8 Å². The highest BCUT2D eigenvalue weighted by molar-refractivity contribution is 8.76. The Kier molecular flexibility index (Phi) is 16.4. The Hall–Kier alpha value is -2.74. The van der Waals surface area contributed by atoms with Crippen LogP contribution < -0.4 is 0 Å². The number of aliphatic hydroxyl groups is 3. The van der Waals surface area contributed by atoms with Crippen LogP contribution in [-0.2, 0) is 31.9 Å². The van der Waals surface area contributed by atoms with Gasteiger partial charge in [-0.15, -0.1) is 5.92 Å². The normalized spacial score (nSPS) is 41.2. The Balaban J connectivity index is 1.20. The maximum Gasteiger partial charge on any atom is 0.331 e. The van der Waals surface area contributed by atoms with Crippen LogP contribution in [-0.4, -0.2) is 69.3 Å². The smallest absolute Gasteiger partial charge is 0.331 e. The van der Waals surface area contributed by atoms with Crippen LogP contribution in [0.4, 0.5) is 0 Å². The van der Waals surface area contributed by atoms with E-state index in [0.29, 0.717) is 50.4 Å². The van der Waals surface area contributed by atoms with E-state index in [9.17, 15) is 20.1 Å². The number of carbonyl (C=O) groups excluding carboxylic acids is 2. The molecule has 3 N–H and O–H groups in total. The van der Waals surface area contributed by atoms with Gasteiger partial charge in [-0.2, -0.15) is 0 Å². The fraction of sp³-hybridized carbons (Fsp3) is 0.705. The van der Waals surface area contributed by atoms with Crippen molar-refractivity contribution in [3.05, 3.63) is 83.4 Å². The molecule has 382 valence electrons. The highest BCUT2D eigenvalue weighted by Gasteiger charge is 2.78. The number of hydrogen-bond donors (Lipinski definition) is 3. The van der Waals surface area contributed by atoms with Gasteiger partial charge in [0.2, 0.25) is 0 Å². The number of carbonyl (C=O) groups is 2. The van der Waals surface area contributed by atoms with Crippen LogP contribution in [0.15, 0.2) is 72.3 Å². The van der Waals surface area contributed by atoms with Gasteiger partial charge in [0.1, 0.15) is 12.7 Å². The predicted octanol–water partition coefficient (Wildman–Crippen LogP) is 12.5. The third-order valence-electron chi connectivity index (χ3n) is 20.0. The number of hydrogen-bond acceptors (Lipinski definition) is 9. The summed E-state index contributed by atoms with van der Waals surface area (Å²) in [7, 11) is 3.88. The molecule has 4 saturated carbocycles. The van der Waals surface area contributed by atoms with Crippen LogP contribution in [0.5, 0.6) is 0 Å². The maximum atomic E-state index is 16.1. The first kappa shape index (κ1) is 52.1. The molecule has 4 aliphatic carbocycles. The summed E-state index contributed by atoms with van der Waals surface area (Å²) in [5, 5.41) is 41.7. The first-order valence-electron chi connectivity index (χ1n) is 27.7. The number of cyclic esters (lactones) is 1. The second-order valence-electron chi connectivity index (χ2n) is 24.3. The molecule has 9 rings (SSSR count). The number of aliphatic hydroxyl groups excluding tert-OH is 2. The molecule has 7 nitrogen and oxygen atoms in total. The topological polar surface area (TPSA) is 113 Å². The summed E-state index contributed by atoms with van der Waals surface area (Å²) >= 11 is 0. The average molecular weight is 993 g/mol. The summed E-state index contributed by atoms with van der Waals surface area (Å²) in [6, 6.07) is 21.5. The van der Waals surface area contributed by atoms with Crippen molar-refractivity contribution in [2.75, 3.05) is 18.1 Å². The van der Waals surface area contributed by atoms with Crippen molar-refractivity contribution in [1.82, 2.24) is 0 Å². The quantitative estimate of drug-likeness (QED) is 0.0828. The lowest BCUT2D eigenvalue weighted by atomic mass is 9.35. The zero-order valence-corrected chi connectivity index (χ0v) is 44.5. The third-order valence-corrected chi connectivity index (χ3v) is 22.6. The van der Waals surface area contributed by atoms with E-state index < -0.39 is 51.5 Å². The fourth-order valence-electron chi connectivity index (χ4n) is 16.3. The van der Waals surface area contributed by atoms with E-state index in [4.69, 9.17) is 9.47 Å². The van der Waals surface area contributed by atoms with Gasteiger partial charge in [-0.3, -0.25) is 4.79 Å². The molecule has 3 heterocycles. The van der Waals surface area contributed by atoms with Gasteiger partial charge in [0, 0.05) is 36.3 Å². The van der Waals surface area contributed by atoms with E-state index in [1.54, 1.807) is 6.08 Å². The van der Waals surface area contributed by atoms with Crippen LogP contribution in [0, 0.1) is 74.9 Å². The molecule has 7 aliphatic rings. The van der Waals surface area contributed by atoms with Gasteiger partial charge in [-0.05, 0) is 154 Å². The van der Waals surface area contributed by atoms with E-state index in [2.05, 4.69) is 93.3 Å².